The zero-order chi connectivity index (χ0) is 23.0. The third-order valence-corrected chi connectivity index (χ3v) is 6.33. The molecule has 1 saturated carbocycles. The molecule has 0 aromatic carbocycles. The molecular weight excluding hydrogens is 411 g/mol. The molecule has 8 heteroatoms. The van der Waals surface area contributed by atoms with E-state index in [0.29, 0.717) is 34.8 Å². The van der Waals surface area contributed by atoms with Crippen LogP contribution in [0, 0.1) is 11.2 Å². The maximum atomic E-state index is 14.7. The molecule has 3 heterocycles. The van der Waals surface area contributed by atoms with Gasteiger partial charge in [-0.2, -0.15) is 5.10 Å². The lowest BCUT2D eigenvalue weighted by molar-refractivity contribution is 0.0526. The Morgan fingerprint density at radius 1 is 1.34 bits per heavy atom. The SMILES string of the molecule is CCOc1cc(-c2nn(C(C)C)c3cc(C(=O)C[C@@]4(C)CCC[C@H]4O)cnc23)c(F)cn1. The molecule has 1 N–H and O–H groups in total. The number of halogens is 1. The number of nitrogens with zero attached hydrogens (tertiary/aromatic N) is 4. The van der Waals surface area contributed by atoms with E-state index in [4.69, 9.17) is 4.74 Å². The van der Waals surface area contributed by atoms with Crippen molar-refractivity contribution in [3.8, 4) is 17.1 Å². The second-order valence-electron chi connectivity index (χ2n) is 9.08. The highest BCUT2D eigenvalue weighted by Gasteiger charge is 2.39. The van der Waals surface area contributed by atoms with Gasteiger partial charge >= 0.3 is 0 Å². The predicted molar refractivity (Wildman–Crippen MR) is 119 cm³/mol. The van der Waals surface area contributed by atoms with E-state index in [1.807, 2.05) is 27.7 Å². The molecule has 1 aliphatic rings. The minimum atomic E-state index is -0.520. The normalized spacial score (nSPS) is 20.9. The summed E-state index contributed by atoms with van der Waals surface area (Å²) in [6.07, 6.45) is 4.91. The maximum Gasteiger partial charge on any atom is 0.214 e. The largest absolute Gasteiger partial charge is 0.478 e. The lowest BCUT2D eigenvalue weighted by Crippen LogP contribution is -2.29. The van der Waals surface area contributed by atoms with Crippen molar-refractivity contribution in [1.29, 1.82) is 0 Å². The quantitative estimate of drug-likeness (QED) is 0.534. The summed E-state index contributed by atoms with van der Waals surface area (Å²) in [5.41, 5.74) is 1.86. The van der Waals surface area contributed by atoms with Gasteiger partial charge in [-0.05, 0) is 39.7 Å². The highest BCUT2D eigenvalue weighted by Crippen LogP contribution is 2.42. The summed E-state index contributed by atoms with van der Waals surface area (Å²) >= 11 is 0. The highest BCUT2D eigenvalue weighted by molar-refractivity contribution is 6.00. The van der Waals surface area contributed by atoms with E-state index in [2.05, 4.69) is 15.1 Å². The van der Waals surface area contributed by atoms with Gasteiger partial charge in [0.15, 0.2) is 11.6 Å². The predicted octanol–water partition coefficient (Wildman–Crippen LogP) is 4.74. The third-order valence-electron chi connectivity index (χ3n) is 6.33. The summed E-state index contributed by atoms with van der Waals surface area (Å²) in [7, 11) is 0. The summed E-state index contributed by atoms with van der Waals surface area (Å²) in [6.45, 7) is 8.15. The number of hydrogen-bond donors (Lipinski definition) is 1. The first-order valence-corrected chi connectivity index (χ1v) is 11.1. The minimum Gasteiger partial charge on any atom is -0.478 e. The fraction of sp³-hybridized carbons (Fsp3) is 0.500. The average Bonchev–Trinajstić information content (AvgIpc) is 3.29. The van der Waals surface area contributed by atoms with Crippen LogP contribution in [0.2, 0.25) is 0 Å². The van der Waals surface area contributed by atoms with Gasteiger partial charge in [0.25, 0.3) is 0 Å². The van der Waals surface area contributed by atoms with Crippen LogP contribution in [0.3, 0.4) is 0 Å². The number of aliphatic hydroxyl groups is 1. The number of ether oxygens (including phenoxy) is 1. The van der Waals surface area contributed by atoms with Gasteiger partial charge in [-0.25, -0.2) is 9.37 Å². The summed E-state index contributed by atoms with van der Waals surface area (Å²) in [6, 6.07) is 3.27. The standard InChI is InChI=1S/C24H29FN4O3/c1-5-32-21-10-16(17(25)13-26-21)22-23-18(29(28-22)14(2)3)9-15(12-27-23)19(30)11-24(4)8-6-7-20(24)31/h9-10,12-14,20,31H,5-8,11H2,1-4H3/t20-,24-/m1/s1. The average molecular weight is 441 g/mol. The molecule has 0 spiro atoms. The fourth-order valence-electron chi connectivity index (χ4n) is 4.46. The van der Waals surface area contributed by atoms with E-state index < -0.39 is 17.3 Å². The van der Waals surface area contributed by atoms with Crippen molar-refractivity contribution in [1.82, 2.24) is 19.7 Å². The number of carbonyl (C=O) groups excluding carboxylic acids is 1. The van der Waals surface area contributed by atoms with E-state index in [-0.39, 0.29) is 23.8 Å². The van der Waals surface area contributed by atoms with Crippen molar-refractivity contribution >= 4 is 16.8 Å². The first-order valence-electron chi connectivity index (χ1n) is 11.1. The summed E-state index contributed by atoms with van der Waals surface area (Å²) in [5.74, 6) is -0.269. The van der Waals surface area contributed by atoms with E-state index in [1.54, 1.807) is 10.7 Å². The van der Waals surface area contributed by atoms with E-state index in [0.717, 1.165) is 25.5 Å². The highest BCUT2D eigenvalue weighted by atomic mass is 19.1. The van der Waals surface area contributed by atoms with Crippen LogP contribution >= 0.6 is 0 Å². The number of rotatable bonds is 7. The van der Waals surface area contributed by atoms with Crippen LogP contribution in [0.4, 0.5) is 4.39 Å². The van der Waals surface area contributed by atoms with Gasteiger partial charge in [0.1, 0.15) is 11.2 Å². The van der Waals surface area contributed by atoms with Crippen molar-refractivity contribution in [3.63, 3.8) is 0 Å². The number of Topliss-reactive ketones (excluding diaryl/α,β-unsaturated/α-hetero) is 1. The molecule has 1 aliphatic carbocycles. The maximum absolute atomic E-state index is 14.7. The molecule has 0 unspecified atom stereocenters. The summed E-state index contributed by atoms with van der Waals surface area (Å²) < 4.78 is 21.8. The lowest BCUT2D eigenvalue weighted by Gasteiger charge is -2.27. The van der Waals surface area contributed by atoms with Gasteiger partial charge in [0, 0.05) is 41.3 Å². The molecule has 2 atom stereocenters. The first-order chi connectivity index (χ1) is 15.2. The second-order valence-corrected chi connectivity index (χ2v) is 9.08. The van der Waals surface area contributed by atoms with Crippen LogP contribution in [0.5, 0.6) is 5.88 Å². The van der Waals surface area contributed by atoms with Crippen molar-refractivity contribution in [2.24, 2.45) is 5.41 Å². The van der Waals surface area contributed by atoms with Gasteiger partial charge < -0.3 is 9.84 Å². The van der Waals surface area contributed by atoms with Crippen LogP contribution in [0.15, 0.2) is 24.5 Å². The molecule has 3 aromatic rings. The van der Waals surface area contributed by atoms with E-state index >= 15 is 0 Å². The zero-order valence-electron chi connectivity index (χ0n) is 18.9. The van der Waals surface area contributed by atoms with E-state index in [9.17, 15) is 14.3 Å². The van der Waals surface area contributed by atoms with Gasteiger partial charge in [0.2, 0.25) is 5.88 Å². The Morgan fingerprint density at radius 2 is 2.12 bits per heavy atom. The Balaban J connectivity index is 1.77. The number of carbonyl (C=O) groups is 1. The zero-order valence-corrected chi connectivity index (χ0v) is 18.9. The third kappa shape index (κ3) is 3.99. The molecule has 0 saturated heterocycles. The number of aromatic nitrogens is 4. The molecule has 4 rings (SSSR count). The molecule has 0 bridgehead atoms. The lowest BCUT2D eigenvalue weighted by atomic mass is 9.80. The molecule has 1 fully saturated rings. The van der Waals surface area contributed by atoms with Crippen molar-refractivity contribution in [2.75, 3.05) is 6.61 Å². The molecule has 7 nitrogen and oxygen atoms in total. The minimum absolute atomic E-state index is 0.0242. The van der Waals surface area contributed by atoms with Gasteiger partial charge in [-0.15, -0.1) is 0 Å². The Morgan fingerprint density at radius 3 is 2.78 bits per heavy atom. The molecular formula is C24H29FN4O3. The number of aliphatic hydroxyl groups excluding tert-OH is 1. The molecule has 0 aliphatic heterocycles. The number of hydrogen-bond acceptors (Lipinski definition) is 6. The Hall–Kier alpha value is -2.87. The molecule has 0 radical (unpaired) electrons. The molecule has 3 aromatic heterocycles. The number of ketones is 1. The number of fused-ring (bicyclic) bond motifs is 1. The van der Waals surface area contributed by atoms with E-state index in [1.165, 1.54) is 12.3 Å². The van der Waals surface area contributed by atoms with Crippen LogP contribution in [0.25, 0.3) is 22.3 Å². The molecule has 32 heavy (non-hydrogen) atoms. The monoisotopic (exact) mass is 440 g/mol. The van der Waals surface area contributed by atoms with Crippen LogP contribution < -0.4 is 4.74 Å². The smallest absolute Gasteiger partial charge is 0.214 e. The molecule has 170 valence electrons. The Labute approximate surface area is 186 Å². The summed E-state index contributed by atoms with van der Waals surface area (Å²) in [4.78, 5) is 21.5. The van der Waals surface area contributed by atoms with Crippen LogP contribution in [0.1, 0.15) is 69.8 Å². The fourth-order valence-corrected chi connectivity index (χ4v) is 4.46. The molecule has 0 amide bonds. The van der Waals surface area contributed by atoms with Crippen molar-refractivity contribution < 1.29 is 19.0 Å². The van der Waals surface area contributed by atoms with Crippen LogP contribution in [-0.2, 0) is 0 Å². The summed E-state index contributed by atoms with van der Waals surface area (Å²) in [5, 5.41) is 14.9. The van der Waals surface area contributed by atoms with Crippen molar-refractivity contribution in [2.45, 2.75) is 65.5 Å². The number of pyridine rings is 2. The second kappa shape index (κ2) is 8.58. The van der Waals surface area contributed by atoms with Gasteiger partial charge in [0.05, 0.1) is 24.4 Å². The topological polar surface area (TPSA) is 90.1 Å². The first kappa shape index (κ1) is 22.3. The van der Waals surface area contributed by atoms with Gasteiger partial charge in [-0.1, -0.05) is 13.3 Å². The Bertz CT molecular complexity index is 1160. The van der Waals surface area contributed by atoms with Crippen LogP contribution in [-0.4, -0.2) is 43.3 Å². The Kier molecular flexibility index (Phi) is 5.99. The van der Waals surface area contributed by atoms with Gasteiger partial charge in [-0.3, -0.25) is 14.5 Å². The van der Waals surface area contributed by atoms with Crippen molar-refractivity contribution in [3.05, 3.63) is 35.9 Å².